The summed E-state index contributed by atoms with van der Waals surface area (Å²) in [6.45, 7) is 12.2. The lowest BCUT2D eigenvalue weighted by molar-refractivity contribution is -0.153. The van der Waals surface area contributed by atoms with Crippen molar-refractivity contribution in [1.82, 2.24) is 9.78 Å². The van der Waals surface area contributed by atoms with Gasteiger partial charge in [0.2, 0.25) is 0 Å². The number of urea groups is 1. The molecule has 4 aromatic rings. The zero-order chi connectivity index (χ0) is 27.5. The van der Waals surface area contributed by atoms with Gasteiger partial charge in [-0.3, -0.25) is 10.1 Å². The smallest absolute Gasteiger partial charge is 0.324 e. The van der Waals surface area contributed by atoms with Gasteiger partial charge in [-0.15, -0.1) is 0 Å². The number of nitrogens with one attached hydrogen (secondary N) is 2. The minimum atomic E-state index is -0.672. The van der Waals surface area contributed by atoms with E-state index in [-0.39, 0.29) is 17.4 Å². The molecular formula is C31H36N4O3. The van der Waals surface area contributed by atoms with Crippen LogP contribution in [0.3, 0.4) is 0 Å². The number of hydrogen-bond acceptors (Lipinski definition) is 4. The number of hydrogen-bond donors (Lipinski definition) is 2. The summed E-state index contributed by atoms with van der Waals surface area (Å²) in [6, 6.07) is 23.1. The zero-order valence-electron chi connectivity index (χ0n) is 23.0. The Morgan fingerprint density at radius 1 is 0.895 bits per heavy atom. The van der Waals surface area contributed by atoms with Crippen LogP contribution in [0.4, 0.5) is 16.3 Å². The zero-order valence-corrected chi connectivity index (χ0v) is 23.0. The van der Waals surface area contributed by atoms with Crippen LogP contribution in [-0.2, 0) is 21.4 Å². The molecule has 1 heterocycles. The van der Waals surface area contributed by atoms with Crippen LogP contribution in [0.5, 0.6) is 0 Å². The highest BCUT2D eigenvalue weighted by atomic mass is 16.5. The number of nitrogens with zero attached hydrogens (tertiary/aromatic N) is 2. The molecule has 0 spiro atoms. The Kier molecular flexibility index (Phi) is 7.58. The van der Waals surface area contributed by atoms with Crippen LogP contribution in [0.15, 0.2) is 72.8 Å². The van der Waals surface area contributed by atoms with Crippen LogP contribution in [0.1, 0.15) is 52.8 Å². The molecule has 198 valence electrons. The molecule has 2 amide bonds. The van der Waals surface area contributed by atoms with Crippen LogP contribution >= 0.6 is 0 Å². The Hall–Kier alpha value is -4.13. The maximum Gasteiger partial charge on any atom is 0.324 e. The number of amides is 2. The van der Waals surface area contributed by atoms with Gasteiger partial charge in [0.25, 0.3) is 0 Å². The number of esters is 1. The first-order chi connectivity index (χ1) is 18.0. The van der Waals surface area contributed by atoms with Gasteiger partial charge in [0.1, 0.15) is 5.82 Å². The molecule has 0 aliphatic carbocycles. The highest BCUT2D eigenvalue weighted by Gasteiger charge is 2.30. The van der Waals surface area contributed by atoms with Crippen LogP contribution in [-0.4, -0.2) is 28.4 Å². The maximum absolute atomic E-state index is 13.1. The fourth-order valence-electron chi connectivity index (χ4n) is 4.34. The van der Waals surface area contributed by atoms with Gasteiger partial charge in [-0.2, -0.15) is 5.10 Å². The van der Waals surface area contributed by atoms with Gasteiger partial charge in [-0.25, -0.2) is 9.48 Å². The lowest BCUT2D eigenvalue weighted by atomic mass is 9.86. The van der Waals surface area contributed by atoms with Gasteiger partial charge in [0.15, 0.2) is 0 Å². The van der Waals surface area contributed by atoms with Gasteiger partial charge in [0.05, 0.1) is 29.1 Å². The van der Waals surface area contributed by atoms with E-state index in [1.54, 1.807) is 4.68 Å². The van der Waals surface area contributed by atoms with Gasteiger partial charge in [-0.1, -0.05) is 69.3 Å². The molecule has 0 aliphatic rings. The van der Waals surface area contributed by atoms with E-state index in [1.807, 2.05) is 93.6 Å². The summed E-state index contributed by atoms with van der Waals surface area (Å²) in [5.74, 6) is 0.321. The molecule has 0 radical (unpaired) electrons. The third kappa shape index (κ3) is 6.05. The van der Waals surface area contributed by atoms with Gasteiger partial charge in [-0.05, 0) is 56.3 Å². The molecule has 1 aromatic heterocycles. The number of rotatable bonds is 7. The van der Waals surface area contributed by atoms with E-state index >= 15 is 0 Å². The molecule has 38 heavy (non-hydrogen) atoms. The van der Waals surface area contributed by atoms with Crippen molar-refractivity contribution in [2.24, 2.45) is 5.41 Å². The number of carbonyl (C=O) groups excluding carboxylic acids is 2. The second kappa shape index (κ2) is 10.7. The third-order valence-corrected chi connectivity index (χ3v) is 6.39. The molecule has 0 atom stereocenters. The van der Waals surface area contributed by atoms with Crippen molar-refractivity contribution in [3.05, 3.63) is 84.1 Å². The first kappa shape index (κ1) is 26.9. The van der Waals surface area contributed by atoms with Crippen molar-refractivity contribution in [1.29, 1.82) is 0 Å². The van der Waals surface area contributed by atoms with Gasteiger partial charge >= 0.3 is 12.0 Å². The number of carbonyl (C=O) groups is 2. The molecule has 2 N–H and O–H groups in total. The Balaban J connectivity index is 1.64. The van der Waals surface area contributed by atoms with E-state index in [0.717, 1.165) is 33.4 Å². The summed E-state index contributed by atoms with van der Waals surface area (Å²) in [5, 5.41) is 12.8. The number of anilines is 2. The maximum atomic E-state index is 13.1. The highest BCUT2D eigenvalue weighted by Crippen LogP contribution is 2.29. The van der Waals surface area contributed by atoms with Crippen LogP contribution in [0.25, 0.3) is 16.5 Å². The van der Waals surface area contributed by atoms with Crippen molar-refractivity contribution in [2.75, 3.05) is 17.2 Å². The largest absolute Gasteiger partial charge is 0.466 e. The molecule has 7 heteroatoms. The standard InChI is InChI=1S/C31H36N4O3/c1-7-38-28(36)31(5,6)20-21-12-10-15-23(18-21)35-27(19-26(34-35)30(2,3)4)33-29(37)32-25-17-11-14-22-13-8-9-16-24(22)25/h8-19H,7,20H2,1-6H3,(H2,32,33,37). The van der Waals surface area contributed by atoms with E-state index in [9.17, 15) is 9.59 Å². The number of fused-ring (bicyclic) bond motifs is 1. The van der Waals surface area contributed by atoms with E-state index in [0.29, 0.717) is 18.8 Å². The Bertz CT molecular complexity index is 1460. The van der Waals surface area contributed by atoms with E-state index in [2.05, 4.69) is 31.4 Å². The van der Waals surface area contributed by atoms with E-state index < -0.39 is 5.41 Å². The summed E-state index contributed by atoms with van der Waals surface area (Å²) in [4.78, 5) is 25.6. The van der Waals surface area contributed by atoms with E-state index in [4.69, 9.17) is 9.84 Å². The van der Waals surface area contributed by atoms with Crippen molar-refractivity contribution >= 4 is 34.3 Å². The lowest BCUT2D eigenvalue weighted by Gasteiger charge is -2.22. The molecule has 0 aliphatic heterocycles. The van der Waals surface area contributed by atoms with Crippen LogP contribution in [0.2, 0.25) is 0 Å². The summed E-state index contributed by atoms with van der Waals surface area (Å²) in [6.07, 6.45) is 0.511. The van der Waals surface area contributed by atoms with Crippen molar-refractivity contribution < 1.29 is 14.3 Å². The molecule has 0 unspecified atom stereocenters. The van der Waals surface area contributed by atoms with Crippen molar-refractivity contribution in [3.8, 4) is 5.69 Å². The second-order valence-electron chi connectivity index (χ2n) is 11.1. The fourth-order valence-corrected chi connectivity index (χ4v) is 4.34. The SMILES string of the molecule is CCOC(=O)C(C)(C)Cc1cccc(-n2nc(C(C)(C)C)cc2NC(=O)Nc2cccc3ccccc23)c1. The van der Waals surface area contributed by atoms with E-state index in [1.165, 1.54) is 0 Å². The summed E-state index contributed by atoms with van der Waals surface area (Å²) >= 11 is 0. The molecule has 0 bridgehead atoms. The Labute approximate surface area is 224 Å². The Morgan fingerprint density at radius 2 is 1.61 bits per heavy atom. The minimum absolute atomic E-state index is 0.225. The quantitative estimate of drug-likeness (QED) is 0.259. The van der Waals surface area contributed by atoms with Crippen molar-refractivity contribution in [3.63, 3.8) is 0 Å². The van der Waals surface area contributed by atoms with Gasteiger partial charge < -0.3 is 10.1 Å². The van der Waals surface area contributed by atoms with Crippen molar-refractivity contribution in [2.45, 2.75) is 53.4 Å². The minimum Gasteiger partial charge on any atom is -0.466 e. The van der Waals surface area contributed by atoms with Crippen LogP contribution < -0.4 is 10.6 Å². The number of aromatic nitrogens is 2. The highest BCUT2D eigenvalue weighted by molar-refractivity contribution is 6.06. The Morgan fingerprint density at radius 3 is 2.34 bits per heavy atom. The molecule has 4 rings (SSSR count). The van der Waals surface area contributed by atoms with Crippen LogP contribution in [0, 0.1) is 5.41 Å². The average Bonchev–Trinajstić information content (AvgIpc) is 3.28. The first-order valence-electron chi connectivity index (χ1n) is 12.9. The summed E-state index contributed by atoms with van der Waals surface area (Å²) in [5.41, 5.74) is 2.44. The predicted octanol–water partition coefficient (Wildman–Crippen LogP) is 7.10. The molecule has 3 aromatic carbocycles. The second-order valence-corrected chi connectivity index (χ2v) is 11.1. The first-order valence-corrected chi connectivity index (χ1v) is 12.9. The third-order valence-electron chi connectivity index (χ3n) is 6.39. The molecule has 0 saturated carbocycles. The topological polar surface area (TPSA) is 85.2 Å². The fraction of sp³-hybridized carbons (Fsp3) is 0.323. The van der Waals surface area contributed by atoms with Gasteiger partial charge in [0, 0.05) is 16.9 Å². The lowest BCUT2D eigenvalue weighted by Crippen LogP contribution is -2.29. The molecule has 0 fully saturated rings. The molecule has 0 saturated heterocycles. The predicted molar refractivity (Wildman–Crippen MR) is 153 cm³/mol. The molecular weight excluding hydrogens is 476 g/mol. The average molecular weight is 513 g/mol. The number of ether oxygens (including phenoxy) is 1. The summed E-state index contributed by atoms with van der Waals surface area (Å²) < 4.78 is 7.00. The monoisotopic (exact) mass is 512 g/mol. The normalized spacial score (nSPS) is 11.8. The summed E-state index contributed by atoms with van der Waals surface area (Å²) in [7, 11) is 0. The molecule has 7 nitrogen and oxygen atoms in total. The number of benzene rings is 3.